The molecular formula is C9H18BNO4. The van der Waals surface area contributed by atoms with E-state index in [-0.39, 0.29) is 11.9 Å². The van der Waals surface area contributed by atoms with Crippen molar-refractivity contribution in [1.82, 2.24) is 5.32 Å². The maximum absolute atomic E-state index is 11.3. The van der Waals surface area contributed by atoms with Crippen molar-refractivity contribution in [3.8, 4) is 0 Å². The summed E-state index contributed by atoms with van der Waals surface area (Å²) < 4.78 is 5.06. The van der Waals surface area contributed by atoms with Gasteiger partial charge in [-0.2, -0.15) is 0 Å². The molecule has 5 nitrogen and oxygen atoms in total. The molecule has 0 unspecified atom stereocenters. The average Bonchev–Trinajstić information content (AvgIpc) is 1.91. The Balaban J connectivity index is 2.19. The number of ether oxygens (including phenoxy) is 1. The van der Waals surface area contributed by atoms with Crippen LogP contribution in [0.1, 0.15) is 33.6 Å². The van der Waals surface area contributed by atoms with Gasteiger partial charge in [-0.05, 0) is 39.4 Å². The van der Waals surface area contributed by atoms with Crippen molar-refractivity contribution in [3.05, 3.63) is 0 Å². The van der Waals surface area contributed by atoms with Gasteiger partial charge < -0.3 is 20.1 Å². The lowest BCUT2D eigenvalue weighted by Gasteiger charge is -2.35. The van der Waals surface area contributed by atoms with Gasteiger partial charge in [-0.3, -0.25) is 0 Å². The molecule has 0 aromatic rings. The quantitative estimate of drug-likeness (QED) is 0.586. The monoisotopic (exact) mass is 215 g/mol. The predicted molar refractivity (Wildman–Crippen MR) is 56.3 cm³/mol. The number of hydrogen-bond acceptors (Lipinski definition) is 4. The number of nitrogens with one attached hydrogen (secondary N) is 1. The number of hydrogen-bond donors (Lipinski definition) is 3. The number of carbonyl (C=O) groups excluding carboxylic acids is 1. The summed E-state index contributed by atoms with van der Waals surface area (Å²) >= 11 is 0. The molecule has 0 atom stereocenters. The second kappa shape index (κ2) is 4.41. The van der Waals surface area contributed by atoms with Gasteiger partial charge in [0.05, 0.1) is 0 Å². The van der Waals surface area contributed by atoms with E-state index >= 15 is 0 Å². The van der Waals surface area contributed by atoms with Crippen LogP contribution in [0.3, 0.4) is 0 Å². The summed E-state index contributed by atoms with van der Waals surface area (Å²) in [6, 6.07) is 0.00616. The minimum Gasteiger partial charge on any atom is -0.444 e. The largest absolute Gasteiger partial charge is 0.454 e. The number of carbonyl (C=O) groups is 1. The van der Waals surface area contributed by atoms with E-state index in [0.717, 1.165) is 0 Å². The first-order valence-electron chi connectivity index (χ1n) is 5.13. The van der Waals surface area contributed by atoms with E-state index in [1.807, 2.05) is 0 Å². The Labute approximate surface area is 90.0 Å². The van der Waals surface area contributed by atoms with Crippen LogP contribution in [0.15, 0.2) is 0 Å². The highest BCUT2D eigenvalue weighted by atomic mass is 16.6. The van der Waals surface area contributed by atoms with Crippen molar-refractivity contribution in [2.75, 3.05) is 0 Å². The molecule has 0 heterocycles. The normalized spacial score (nSPS) is 25.4. The van der Waals surface area contributed by atoms with E-state index in [9.17, 15) is 4.79 Å². The lowest BCUT2D eigenvalue weighted by molar-refractivity contribution is 0.0475. The molecule has 1 aliphatic carbocycles. The Morgan fingerprint density at radius 3 is 2.33 bits per heavy atom. The Morgan fingerprint density at radius 1 is 1.40 bits per heavy atom. The Bertz CT molecular complexity index is 233. The second-order valence-electron chi connectivity index (χ2n) is 4.99. The van der Waals surface area contributed by atoms with Crippen LogP contribution in [-0.2, 0) is 4.74 Å². The molecule has 86 valence electrons. The Hall–Kier alpha value is -0.745. The SMILES string of the molecule is CC(C)(C)OC(=O)NC1CC(B(O)O)C1. The number of rotatable bonds is 2. The zero-order valence-corrected chi connectivity index (χ0v) is 9.36. The maximum Gasteiger partial charge on any atom is 0.454 e. The molecular weight excluding hydrogens is 197 g/mol. The summed E-state index contributed by atoms with van der Waals surface area (Å²) in [5.41, 5.74) is -0.496. The predicted octanol–water partition coefficient (Wildman–Crippen LogP) is 0.516. The number of alkyl carbamates (subject to hydrolysis) is 1. The number of amides is 1. The molecule has 0 aromatic heterocycles. The average molecular weight is 215 g/mol. The van der Waals surface area contributed by atoms with Crippen LogP contribution >= 0.6 is 0 Å². The van der Waals surface area contributed by atoms with Gasteiger partial charge in [0.2, 0.25) is 0 Å². The third-order valence-electron chi connectivity index (χ3n) is 2.32. The van der Waals surface area contributed by atoms with Crippen molar-refractivity contribution in [2.24, 2.45) is 0 Å². The highest BCUT2D eigenvalue weighted by Crippen LogP contribution is 2.34. The zero-order chi connectivity index (χ0) is 11.6. The summed E-state index contributed by atoms with van der Waals surface area (Å²) in [6.07, 6.45) is 0.742. The minimum absolute atomic E-state index is 0.00616. The van der Waals surface area contributed by atoms with E-state index in [2.05, 4.69) is 5.32 Å². The van der Waals surface area contributed by atoms with Crippen LogP contribution in [0.25, 0.3) is 0 Å². The molecule has 6 heteroatoms. The molecule has 1 fully saturated rings. The highest BCUT2D eigenvalue weighted by Gasteiger charge is 2.38. The molecule has 0 bridgehead atoms. The first kappa shape index (κ1) is 12.3. The van der Waals surface area contributed by atoms with Crippen LogP contribution < -0.4 is 5.32 Å². The molecule has 0 saturated heterocycles. The van der Waals surface area contributed by atoms with Gasteiger partial charge in [0.15, 0.2) is 0 Å². The smallest absolute Gasteiger partial charge is 0.444 e. The lowest BCUT2D eigenvalue weighted by atomic mass is 9.59. The summed E-state index contributed by atoms with van der Waals surface area (Å²) in [4.78, 5) is 11.3. The van der Waals surface area contributed by atoms with Gasteiger partial charge >= 0.3 is 13.2 Å². The third-order valence-corrected chi connectivity index (χ3v) is 2.32. The molecule has 1 rings (SSSR count). The van der Waals surface area contributed by atoms with Gasteiger partial charge in [-0.25, -0.2) is 4.79 Å². The molecule has 3 N–H and O–H groups in total. The van der Waals surface area contributed by atoms with Crippen molar-refractivity contribution in [3.63, 3.8) is 0 Å². The summed E-state index contributed by atoms with van der Waals surface area (Å²) in [7, 11) is -1.28. The van der Waals surface area contributed by atoms with Gasteiger partial charge in [-0.1, -0.05) is 0 Å². The van der Waals surface area contributed by atoms with Crippen LogP contribution in [-0.4, -0.2) is 34.9 Å². The van der Waals surface area contributed by atoms with Crippen molar-refractivity contribution in [1.29, 1.82) is 0 Å². The molecule has 0 aliphatic heterocycles. The fourth-order valence-electron chi connectivity index (χ4n) is 1.50. The van der Waals surface area contributed by atoms with Gasteiger partial charge in [0.25, 0.3) is 0 Å². The van der Waals surface area contributed by atoms with E-state index in [1.165, 1.54) is 0 Å². The summed E-state index contributed by atoms with van der Waals surface area (Å²) in [5.74, 6) is -0.120. The standard InChI is InChI=1S/C9H18BNO4/c1-9(2,3)15-8(12)11-7-4-6(5-7)10(13)14/h6-7,13-14H,4-5H2,1-3H3,(H,11,12). The Morgan fingerprint density at radius 2 is 1.93 bits per heavy atom. The van der Waals surface area contributed by atoms with Crippen LogP contribution in [0.5, 0.6) is 0 Å². The maximum atomic E-state index is 11.3. The molecule has 1 saturated carbocycles. The molecule has 0 spiro atoms. The topological polar surface area (TPSA) is 78.8 Å². The third kappa shape index (κ3) is 4.09. The first-order valence-corrected chi connectivity index (χ1v) is 5.13. The summed E-state index contributed by atoms with van der Waals surface area (Å²) in [5, 5.41) is 20.3. The molecule has 1 amide bonds. The van der Waals surface area contributed by atoms with Crippen LogP contribution in [0.4, 0.5) is 4.79 Å². The molecule has 0 aromatic carbocycles. The van der Waals surface area contributed by atoms with Gasteiger partial charge in [0, 0.05) is 6.04 Å². The molecule has 15 heavy (non-hydrogen) atoms. The van der Waals surface area contributed by atoms with Crippen LogP contribution in [0.2, 0.25) is 5.82 Å². The van der Waals surface area contributed by atoms with Crippen molar-refractivity contribution >= 4 is 13.2 Å². The van der Waals surface area contributed by atoms with Crippen molar-refractivity contribution < 1.29 is 19.6 Å². The fraction of sp³-hybridized carbons (Fsp3) is 0.889. The van der Waals surface area contributed by atoms with E-state index in [1.54, 1.807) is 20.8 Å². The zero-order valence-electron chi connectivity index (χ0n) is 9.36. The Kier molecular flexibility index (Phi) is 3.62. The second-order valence-corrected chi connectivity index (χ2v) is 4.99. The van der Waals surface area contributed by atoms with Gasteiger partial charge in [-0.15, -0.1) is 0 Å². The first-order chi connectivity index (χ1) is 6.78. The van der Waals surface area contributed by atoms with E-state index < -0.39 is 18.8 Å². The van der Waals surface area contributed by atoms with Gasteiger partial charge in [0.1, 0.15) is 5.60 Å². The van der Waals surface area contributed by atoms with E-state index in [4.69, 9.17) is 14.8 Å². The fourth-order valence-corrected chi connectivity index (χ4v) is 1.50. The highest BCUT2D eigenvalue weighted by molar-refractivity contribution is 6.43. The lowest BCUT2D eigenvalue weighted by Crippen LogP contribution is -2.47. The summed E-state index contributed by atoms with van der Waals surface area (Å²) in [6.45, 7) is 5.40. The molecule has 1 aliphatic rings. The van der Waals surface area contributed by atoms with E-state index in [0.29, 0.717) is 12.8 Å². The molecule has 0 radical (unpaired) electrons. The van der Waals surface area contributed by atoms with Crippen LogP contribution in [0, 0.1) is 0 Å². The minimum atomic E-state index is -1.28. The van der Waals surface area contributed by atoms with Crippen molar-refractivity contribution in [2.45, 2.75) is 51.1 Å².